The van der Waals surface area contributed by atoms with Crippen LogP contribution < -0.4 is 5.32 Å². The van der Waals surface area contributed by atoms with Crippen molar-refractivity contribution in [1.82, 2.24) is 10.2 Å². The van der Waals surface area contributed by atoms with Gasteiger partial charge in [0.05, 0.1) is 0 Å². The highest BCUT2D eigenvalue weighted by Crippen LogP contribution is 2.35. The first-order valence-corrected chi connectivity index (χ1v) is 7.63. The summed E-state index contributed by atoms with van der Waals surface area (Å²) in [6.07, 6.45) is 1.17. The molecule has 2 aliphatic rings. The van der Waals surface area contributed by atoms with Crippen molar-refractivity contribution < 1.29 is 0 Å². The number of thiophene rings is 1. The molecule has 3 heteroatoms. The highest BCUT2D eigenvalue weighted by Gasteiger charge is 2.38. The Kier molecular flexibility index (Phi) is 3.24. The summed E-state index contributed by atoms with van der Waals surface area (Å²) in [5.41, 5.74) is 0. The van der Waals surface area contributed by atoms with Gasteiger partial charge in [-0.2, -0.15) is 0 Å². The van der Waals surface area contributed by atoms with Gasteiger partial charge in [-0.1, -0.05) is 6.92 Å². The third-order valence-electron chi connectivity index (χ3n) is 4.41. The quantitative estimate of drug-likeness (QED) is 0.887. The number of hydrogen-bond acceptors (Lipinski definition) is 3. The zero-order chi connectivity index (χ0) is 11.8. The van der Waals surface area contributed by atoms with Crippen LogP contribution in [0.2, 0.25) is 0 Å². The maximum Gasteiger partial charge on any atom is 0.0413 e. The molecule has 2 nitrogen and oxygen atoms in total. The first kappa shape index (κ1) is 11.7. The summed E-state index contributed by atoms with van der Waals surface area (Å²) >= 11 is 2.00. The predicted molar refractivity (Wildman–Crippen MR) is 73.5 cm³/mol. The molecule has 0 radical (unpaired) electrons. The zero-order valence-electron chi connectivity index (χ0n) is 10.8. The van der Waals surface area contributed by atoms with Crippen LogP contribution in [0.1, 0.15) is 29.6 Å². The lowest BCUT2D eigenvalue weighted by Gasteiger charge is -2.24. The van der Waals surface area contributed by atoms with Crippen molar-refractivity contribution in [3.63, 3.8) is 0 Å². The number of likely N-dealkylation sites (tertiary alicyclic amines) is 1. The highest BCUT2D eigenvalue weighted by atomic mass is 32.1. The van der Waals surface area contributed by atoms with E-state index in [9.17, 15) is 0 Å². The van der Waals surface area contributed by atoms with Gasteiger partial charge >= 0.3 is 0 Å². The number of fused-ring (bicyclic) bond motifs is 1. The molecule has 0 aliphatic carbocycles. The van der Waals surface area contributed by atoms with Crippen molar-refractivity contribution in [3.05, 3.63) is 21.9 Å². The Labute approximate surface area is 108 Å². The van der Waals surface area contributed by atoms with Crippen LogP contribution in [-0.4, -0.2) is 31.1 Å². The Morgan fingerprint density at radius 2 is 2.06 bits per heavy atom. The van der Waals surface area contributed by atoms with Crippen LogP contribution in [0.15, 0.2) is 12.1 Å². The van der Waals surface area contributed by atoms with Gasteiger partial charge < -0.3 is 5.32 Å². The maximum atomic E-state index is 3.51. The second kappa shape index (κ2) is 4.71. The van der Waals surface area contributed by atoms with Gasteiger partial charge in [-0.3, -0.25) is 4.90 Å². The van der Waals surface area contributed by atoms with Crippen molar-refractivity contribution >= 4 is 11.3 Å². The molecule has 0 spiro atoms. The minimum Gasteiger partial charge on any atom is -0.316 e. The molecule has 2 saturated heterocycles. The number of hydrogen-bond donors (Lipinski definition) is 1. The number of rotatable bonds is 3. The maximum absolute atomic E-state index is 3.51. The molecule has 1 N–H and O–H groups in total. The Bertz CT molecular complexity index is 375. The molecule has 94 valence electrons. The molecule has 17 heavy (non-hydrogen) atoms. The van der Waals surface area contributed by atoms with Crippen molar-refractivity contribution in [1.29, 1.82) is 0 Å². The van der Waals surface area contributed by atoms with E-state index in [-0.39, 0.29) is 0 Å². The first-order valence-electron chi connectivity index (χ1n) is 6.81. The van der Waals surface area contributed by atoms with Crippen LogP contribution in [0.3, 0.4) is 0 Å². The topological polar surface area (TPSA) is 15.3 Å². The molecular formula is C14H22N2S. The van der Waals surface area contributed by atoms with Gasteiger partial charge in [0.25, 0.3) is 0 Å². The van der Waals surface area contributed by atoms with E-state index in [0.717, 1.165) is 11.8 Å². The van der Waals surface area contributed by atoms with Crippen LogP contribution in [0, 0.1) is 11.8 Å². The van der Waals surface area contributed by atoms with E-state index in [1.807, 2.05) is 11.3 Å². The fourth-order valence-corrected chi connectivity index (χ4v) is 4.24. The standard InChI is InChI=1S/C14H22N2S/c1-3-13-4-5-14(17-13)10(2)16-8-11-6-15-7-12(11)9-16/h4-5,10-12,15H,3,6-9H2,1-2H3/t10?,11-,12+. The highest BCUT2D eigenvalue weighted by molar-refractivity contribution is 7.12. The van der Waals surface area contributed by atoms with Gasteiger partial charge in [0.2, 0.25) is 0 Å². The van der Waals surface area contributed by atoms with Gasteiger partial charge in [-0.05, 0) is 50.4 Å². The van der Waals surface area contributed by atoms with Gasteiger partial charge in [0.15, 0.2) is 0 Å². The lowest BCUT2D eigenvalue weighted by Crippen LogP contribution is -2.28. The summed E-state index contributed by atoms with van der Waals surface area (Å²) < 4.78 is 0. The van der Waals surface area contributed by atoms with Crippen molar-refractivity contribution in [2.75, 3.05) is 26.2 Å². The lowest BCUT2D eigenvalue weighted by atomic mass is 10.0. The Morgan fingerprint density at radius 3 is 2.65 bits per heavy atom. The summed E-state index contributed by atoms with van der Waals surface area (Å²) in [5, 5.41) is 3.51. The Hall–Kier alpha value is -0.380. The first-order chi connectivity index (χ1) is 8.28. The average molecular weight is 250 g/mol. The van der Waals surface area contributed by atoms with Crippen molar-refractivity contribution in [3.8, 4) is 0 Å². The molecule has 0 saturated carbocycles. The molecule has 3 rings (SSSR count). The molecule has 0 aromatic carbocycles. The SMILES string of the molecule is CCc1ccc(C(C)N2C[C@H]3CNC[C@H]3C2)s1. The second-order valence-electron chi connectivity index (χ2n) is 5.47. The van der Waals surface area contributed by atoms with E-state index in [2.05, 4.69) is 36.2 Å². The molecule has 1 unspecified atom stereocenters. The van der Waals surface area contributed by atoms with Crippen molar-refractivity contribution in [2.45, 2.75) is 26.3 Å². The van der Waals surface area contributed by atoms with Gasteiger partial charge in [0.1, 0.15) is 0 Å². The second-order valence-corrected chi connectivity index (χ2v) is 6.67. The molecule has 2 aliphatic heterocycles. The number of nitrogens with zero attached hydrogens (tertiary/aromatic N) is 1. The Morgan fingerprint density at radius 1 is 1.35 bits per heavy atom. The minimum atomic E-state index is 0.617. The minimum absolute atomic E-state index is 0.617. The molecule has 0 amide bonds. The normalized spacial score (nSPS) is 30.7. The average Bonchev–Trinajstić information content (AvgIpc) is 3.02. The van der Waals surface area contributed by atoms with Gasteiger partial charge in [0, 0.05) is 28.9 Å². The summed E-state index contributed by atoms with van der Waals surface area (Å²) in [6.45, 7) is 9.67. The summed E-state index contributed by atoms with van der Waals surface area (Å²) in [6, 6.07) is 5.25. The van der Waals surface area contributed by atoms with Crippen LogP contribution >= 0.6 is 11.3 Å². The third kappa shape index (κ3) is 2.16. The summed E-state index contributed by atoms with van der Waals surface area (Å²) in [4.78, 5) is 5.75. The number of aryl methyl sites for hydroxylation is 1. The molecule has 3 atom stereocenters. The van der Waals surface area contributed by atoms with Gasteiger partial charge in [-0.25, -0.2) is 0 Å². The zero-order valence-corrected chi connectivity index (χ0v) is 11.6. The van der Waals surface area contributed by atoms with Crippen LogP contribution in [0.4, 0.5) is 0 Å². The molecule has 0 bridgehead atoms. The van der Waals surface area contributed by atoms with E-state index in [1.54, 1.807) is 4.88 Å². The van der Waals surface area contributed by atoms with E-state index in [4.69, 9.17) is 0 Å². The Balaban J connectivity index is 1.68. The molecule has 1 aromatic rings. The van der Waals surface area contributed by atoms with Crippen LogP contribution in [0.5, 0.6) is 0 Å². The molecule has 3 heterocycles. The van der Waals surface area contributed by atoms with Gasteiger partial charge in [-0.15, -0.1) is 11.3 Å². The summed E-state index contributed by atoms with van der Waals surface area (Å²) in [7, 11) is 0. The largest absolute Gasteiger partial charge is 0.316 e. The third-order valence-corrected chi connectivity index (χ3v) is 5.81. The van der Waals surface area contributed by atoms with Crippen LogP contribution in [-0.2, 0) is 6.42 Å². The predicted octanol–water partition coefficient (Wildman–Crippen LogP) is 2.52. The monoisotopic (exact) mass is 250 g/mol. The molecule has 2 fully saturated rings. The van der Waals surface area contributed by atoms with E-state index >= 15 is 0 Å². The number of nitrogens with one attached hydrogen (secondary N) is 1. The van der Waals surface area contributed by atoms with Crippen LogP contribution in [0.25, 0.3) is 0 Å². The van der Waals surface area contributed by atoms with Crippen molar-refractivity contribution in [2.24, 2.45) is 11.8 Å². The van der Waals surface area contributed by atoms with E-state index in [0.29, 0.717) is 6.04 Å². The summed E-state index contributed by atoms with van der Waals surface area (Å²) in [5.74, 6) is 1.81. The smallest absolute Gasteiger partial charge is 0.0413 e. The molecular weight excluding hydrogens is 228 g/mol. The lowest BCUT2D eigenvalue weighted by molar-refractivity contribution is 0.247. The fourth-order valence-electron chi connectivity index (χ4n) is 3.20. The molecule has 1 aromatic heterocycles. The van der Waals surface area contributed by atoms with E-state index < -0.39 is 0 Å². The fraction of sp³-hybridized carbons (Fsp3) is 0.714. The van der Waals surface area contributed by atoms with E-state index in [1.165, 1.54) is 37.5 Å².